The van der Waals surface area contributed by atoms with Crippen LogP contribution in [0, 0.1) is 11.1 Å². The molecule has 27 heavy (non-hydrogen) atoms. The fraction of sp³-hybridized carbons (Fsp3) is 0.611. The number of aromatic nitrogens is 4. The van der Waals surface area contributed by atoms with Crippen molar-refractivity contribution in [3.63, 3.8) is 0 Å². The second kappa shape index (κ2) is 5.72. The molecular weight excluding hydrogens is 348 g/mol. The Bertz CT molecular complexity index is 904. The number of hydrogen-bond donors (Lipinski definition) is 0. The van der Waals surface area contributed by atoms with Crippen LogP contribution in [-0.2, 0) is 10.2 Å². The van der Waals surface area contributed by atoms with E-state index in [1.807, 2.05) is 25.8 Å². The number of anilines is 1. The van der Waals surface area contributed by atoms with E-state index in [1.165, 1.54) is 18.6 Å². The van der Waals surface area contributed by atoms with Crippen LogP contribution in [0.1, 0.15) is 51.7 Å². The minimum atomic E-state index is -0.205. The number of ether oxygens (including phenoxy) is 1. The highest BCUT2D eigenvalue weighted by Gasteiger charge is 2.53. The summed E-state index contributed by atoms with van der Waals surface area (Å²) in [5.41, 5.74) is 0.565. The molecule has 0 N–H and O–H groups in total. The van der Waals surface area contributed by atoms with E-state index in [0.717, 1.165) is 29.7 Å². The third-order valence-corrected chi connectivity index (χ3v) is 5.51. The van der Waals surface area contributed by atoms with Gasteiger partial charge < -0.3 is 14.5 Å². The highest BCUT2D eigenvalue weighted by Crippen LogP contribution is 2.44. The maximum absolute atomic E-state index is 11.8. The van der Waals surface area contributed by atoms with Crippen molar-refractivity contribution in [1.29, 1.82) is 0 Å². The van der Waals surface area contributed by atoms with Gasteiger partial charge in [-0.1, -0.05) is 25.9 Å². The van der Waals surface area contributed by atoms with Crippen LogP contribution >= 0.6 is 0 Å². The molecule has 0 aromatic carbocycles. The molecule has 4 unspecified atom stereocenters. The number of nitrogens with zero attached hydrogens (tertiary/aromatic N) is 6. The van der Waals surface area contributed by atoms with Crippen LogP contribution in [0.4, 0.5) is 5.82 Å². The van der Waals surface area contributed by atoms with Gasteiger partial charge in [-0.05, 0) is 19.3 Å². The summed E-state index contributed by atoms with van der Waals surface area (Å²) in [4.78, 5) is 8.95. The maximum atomic E-state index is 11.8. The number of fused-ring (bicyclic) bond motifs is 4. The number of hydrogen-bond acceptors (Lipinski definition) is 8. The van der Waals surface area contributed by atoms with Crippen molar-refractivity contribution < 1.29 is 14.0 Å². The number of hydrazone groups is 1. The van der Waals surface area contributed by atoms with Gasteiger partial charge in [0, 0.05) is 11.3 Å². The topological polar surface area (TPSA) is 104 Å². The van der Waals surface area contributed by atoms with Gasteiger partial charge in [0.1, 0.15) is 5.71 Å². The summed E-state index contributed by atoms with van der Waals surface area (Å²) in [6.45, 7) is 6.13. The summed E-state index contributed by atoms with van der Waals surface area (Å²) in [5, 5.41) is 22.5. The van der Waals surface area contributed by atoms with E-state index in [2.05, 4.69) is 15.1 Å². The van der Waals surface area contributed by atoms with E-state index in [4.69, 9.17) is 14.4 Å². The molecule has 0 spiro atoms. The molecule has 3 aliphatic heterocycles. The van der Waals surface area contributed by atoms with Gasteiger partial charge in [-0.15, -0.1) is 0 Å². The summed E-state index contributed by atoms with van der Waals surface area (Å²) in [5.74, 6) is 1.72. The third-order valence-electron chi connectivity index (χ3n) is 5.51. The van der Waals surface area contributed by atoms with Gasteiger partial charge in [-0.3, -0.25) is 0 Å². The summed E-state index contributed by atoms with van der Waals surface area (Å²) in [7, 11) is 0. The Morgan fingerprint density at radius 1 is 1.30 bits per heavy atom. The van der Waals surface area contributed by atoms with Gasteiger partial charge in [0.15, 0.2) is 12.0 Å². The summed E-state index contributed by atoms with van der Waals surface area (Å²) in [6, 6.07) is -0.0152. The first-order valence-corrected chi connectivity index (χ1v) is 9.33. The predicted octanol–water partition coefficient (Wildman–Crippen LogP) is 1.56. The second-order valence-corrected chi connectivity index (χ2v) is 8.48. The normalized spacial score (nSPS) is 29.7. The maximum Gasteiger partial charge on any atom is 0.274 e. The van der Waals surface area contributed by atoms with E-state index < -0.39 is 0 Å². The molecule has 2 aromatic rings. The molecule has 0 saturated carbocycles. The van der Waals surface area contributed by atoms with Gasteiger partial charge >= 0.3 is 0 Å². The quantitative estimate of drug-likeness (QED) is 0.583. The first kappa shape index (κ1) is 16.6. The van der Waals surface area contributed by atoms with Crippen molar-refractivity contribution >= 4 is 11.5 Å². The van der Waals surface area contributed by atoms with Gasteiger partial charge in [-0.25, -0.2) is 9.99 Å². The van der Waals surface area contributed by atoms with Crippen molar-refractivity contribution in [2.24, 2.45) is 11.0 Å². The van der Waals surface area contributed by atoms with Gasteiger partial charge in [0.25, 0.3) is 5.89 Å². The fourth-order valence-corrected chi connectivity index (χ4v) is 4.22. The number of rotatable bonds is 2. The second-order valence-electron chi connectivity index (χ2n) is 8.48. The third kappa shape index (κ3) is 2.68. The zero-order valence-corrected chi connectivity index (χ0v) is 15.6. The molecule has 2 aromatic heterocycles. The molecule has 3 aliphatic rings. The molecule has 142 valence electrons. The van der Waals surface area contributed by atoms with E-state index in [0.29, 0.717) is 17.5 Å². The van der Waals surface area contributed by atoms with Gasteiger partial charge in [-0.2, -0.15) is 14.8 Å². The smallest absolute Gasteiger partial charge is 0.274 e. The lowest BCUT2D eigenvalue weighted by Gasteiger charge is -2.35. The predicted molar refractivity (Wildman–Crippen MR) is 95.0 cm³/mol. The molecule has 2 fully saturated rings. The van der Waals surface area contributed by atoms with Crippen LogP contribution < -0.4 is 9.74 Å². The molecule has 2 saturated heterocycles. The molecule has 0 radical (unpaired) electrons. The molecule has 0 aliphatic carbocycles. The minimum Gasteiger partial charge on any atom is -0.619 e. The first-order valence-electron chi connectivity index (χ1n) is 9.33. The van der Waals surface area contributed by atoms with Crippen LogP contribution in [0.25, 0.3) is 0 Å². The molecule has 2 bridgehead atoms. The van der Waals surface area contributed by atoms with E-state index in [-0.39, 0.29) is 29.6 Å². The molecule has 5 heterocycles. The SMILES string of the molecule is CC(C)(C)c1noc(C2=NN(c3c[n+]([O-])ccn3)C3C4CCC(CC23)O4)n1. The Kier molecular flexibility index (Phi) is 3.52. The lowest BCUT2D eigenvalue weighted by molar-refractivity contribution is -0.605. The lowest BCUT2D eigenvalue weighted by Crippen LogP contribution is -2.48. The Balaban J connectivity index is 1.57. The van der Waals surface area contributed by atoms with E-state index >= 15 is 0 Å². The van der Waals surface area contributed by atoms with Crippen molar-refractivity contribution in [3.05, 3.63) is 35.5 Å². The molecule has 5 rings (SSSR count). The van der Waals surface area contributed by atoms with Crippen LogP contribution in [0.3, 0.4) is 0 Å². The van der Waals surface area contributed by atoms with Crippen LogP contribution in [0.5, 0.6) is 0 Å². The highest BCUT2D eigenvalue weighted by molar-refractivity contribution is 6.01. The fourth-order valence-electron chi connectivity index (χ4n) is 4.22. The standard InChI is InChI=1S/C18H22N6O3/c1-18(2,3)17-20-16(27-22-17)14-11-8-10-4-5-12(26-10)15(11)24(21-14)13-9-23(25)7-6-19-13/h6-7,9-12,15H,4-5,8H2,1-3H3. The Labute approximate surface area is 156 Å². The largest absolute Gasteiger partial charge is 0.619 e. The Morgan fingerprint density at radius 2 is 2.15 bits per heavy atom. The van der Waals surface area contributed by atoms with Crippen molar-refractivity contribution in [2.75, 3.05) is 5.01 Å². The lowest BCUT2D eigenvalue weighted by atomic mass is 9.87. The average molecular weight is 370 g/mol. The molecule has 0 amide bonds. The Morgan fingerprint density at radius 3 is 2.89 bits per heavy atom. The molecular formula is C18H22N6O3. The monoisotopic (exact) mass is 370 g/mol. The van der Waals surface area contributed by atoms with Crippen LogP contribution in [0.15, 0.2) is 28.2 Å². The first-order chi connectivity index (χ1) is 12.9. The van der Waals surface area contributed by atoms with Crippen LogP contribution in [-0.4, -0.2) is 39.1 Å². The summed E-state index contributed by atoms with van der Waals surface area (Å²) >= 11 is 0. The van der Waals surface area contributed by atoms with Crippen molar-refractivity contribution in [1.82, 2.24) is 15.1 Å². The van der Waals surface area contributed by atoms with Crippen molar-refractivity contribution in [2.45, 2.75) is 63.7 Å². The van der Waals surface area contributed by atoms with Crippen molar-refractivity contribution in [3.8, 4) is 0 Å². The van der Waals surface area contributed by atoms with E-state index in [1.54, 1.807) is 0 Å². The highest BCUT2D eigenvalue weighted by atomic mass is 16.5. The Hall–Kier alpha value is -2.55. The molecule has 9 nitrogen and oxygen atoms in total. The molecule has 9 heteroatoms. The summed E-state index contributed by atoms with van der Waals surface area (Å²) in [6.07, 6.45) is 7.44. The van der Waals surface area contributed by atoms with Crippen LogP contribution in [0.2, 0.25) is 0 Å². The zero-order chi connectivity index (χ0) is 18.8. The average Bonchev–Trinajstić information content (AvgIpc) is 3.32. The molecule has 4 atom stereocenters. The van der Waals surface area contributed by atoms with Gasteiger partial charge in [0.05, 0.1) is 24.4 Å². The van der Waals surface area contributed by atoms with E-state index in [9.17, 15) is 5.21 Å². The summed E-state index contributed by atoms with van der Waals surface area (Å²) < 4.78 is 12.5. The van der Waals surface area contributed by atoms with Gasteiger partial charge in [0.2, 0.25) is 12.0 Å². The zero-order valence-electron chi connectivity index (χ0n) is 15.6. The minimum absolute atomic E-state index is 0.0152.